The minimum Gasteiger partial charge on any atom is -0.462 e. The Bertz CT molecular complexity index is 1890. The van der Waals surface area contributed by atoms with Crippen LogP contribution in [0.2, 0.25) is 0 Å². The number of phosphoric acid groups is 2. The number of carbonyl (C=O) groups is 4. The van der Waals surface area contributed by atoms with Gasteiger partial charge in [0.05, 0.1) is 26.4 Å². The fourth-order valence-corrected chi connectivity index (χ4v) is 13.8. The van der Waals surface area contributed by atoms with E-state index < -0.39 is 97.5 Å². The van der Waals surface area contributed by atoms with Gasteiger partial charge in [-0.05, 0) is 37.5 Å². The van der Waals surface area contributed by atoms with Crippen LogP contribution in [0.4, 0.5) is 0 Å². The Morgan fingerprint density at radius 3 is 0.694 bits per heavy atom. The number of rotatable bonds is 78. The molecule has 0 radical (unpaired) electrons. The molecule has 0 aromatic rings. The molecule has 0 spiro atoms. The maximum atomic E-state index is 13.1. The highest BCUT2D eigenvalue weighted by Crippen LogP contribution is 2.45. The molecule has 17 nitrogen and oxygen atoms in total. The lowest BCUT2D eigenvalue weighted by atomic mass is 10.0. The SMILES string of the molecule is CCCCCCCCCCCCCCCCCCCCCCCCC(=O)O[C@H](COC(=O)CCCCCCCCCCCCCCCCC(C)C)COP(=O)(O)OC[C@@H](O)COP(=O)(O)OC[C@@H](COC(=O)CCCCCCCCCCC)OC(=O)CCCCCCCCCC(C)C. The summed E-state index contributed by atoms with van der Waals surface area (Å²) in [6, 6.07) is 0. The average Bonchev–Trinajstić information content (AvgIpc) is 1.24. The summed E-state index contributed by atoms with van der Waals surface area (Å²) in [5, 5.41) is 10.6. The lowest BCUT2D eigenvalue weighted by Crippen LogP contribution is -2.30. The molecule has 19 heteroatoms. The Hall–Kier alpha value is -1.94. The van der Waals surface area contributed by atoms with E-state index in [1.165, 1.54) is 231 Å². The summed E-state index contributed by atoms with van der Waals surface area (Å²) in [4.78, 5) is 72.8. The van der Waals surface area contributed by atoms with Gasteiger partial charge in [0, 0.05) is 25.7 Å². The molecule has 0 heterocycles. The van der Waals surface area contributed by atoms with Gasteiger partial charge in [0.15, 0.2) is 12.2 Å². The van der Waals surface area contributed by atoms with Gasteiger partial charge in [0.2, 0.25) is 0 Å². The Morgan fingerprint density at radius 2 is 0.469 bits per heavy atom. The highest BCUT2D eigenvalue weighted by atomic mass is 31.2. The van der Waals surface area contributed by atoms with Crippen molar-refractivity contribution in [2.75, 3.05) is 39.6 Å². The topological polar surface area (TPSA) is 237 Å². The number of esters is 4. The molecule has 2 unspecified atom stereocenters. The zero-order valence-corrected chi connectivity index (χ0v) is 65.9. The molecule has 0 saturated heterocycles. The van der Waals surface area contributed by atoms with E-state index in [1.807, 2.05) is 0 Å². The minimum atomic E-state index is -4.96. The first-order valence-corrected chi connectivity index (χ1v) is 44.0. The fraction of sp³-hybridized carbons (Fsp3) is 0.949. The number of hydrogen-bond donors (Lipinski definition) is 3. The molecule has 0 aliphatic heterocycles. The molecule has 0 aliphatic rings. The molecule has 0 fully saturated rings. The average molecular weight is 1440 g/mol. The lowest BCUT2D eigenvalue weighted by Gasteiger charge is -2.21. The number of unbranched alkanes of at least 4 members (excludes halogenated alkanes) is 48. The fourth-order valence-electron chi connectivity index (χ4n) is 12.2. The Labute approximate surface area is 600 Å². The van der Waals surface area contributed by atoms with Crippen LogP contribution in [0.5, 0.6) is 0 Å². The van der Waals surface area contributed by atoms with E-state index in [0.29, 0.717) is 31.6 Å². The molecule has 0 amide bonds. The monoisotopic (exact) mass is 1440 g/mol. The van der Waals surface area contributed by atoms with Gasteiger partial charge in [-0.2, -0.15) is 0 Å². The molecule has 582 valence electrons. The van der Waals surface area contributed by atoms with Gasteiger partial charge in [-0.15, -0.1) is 0 Å². The van der Waals surface area contributed by atoms with Crippen molar-refractivity contribution in [3.05, 3.63) is 0 Å². The molecule has 0 aromatic carbocycles. The van der Waals surface area contributed by atoms with Crippen molar-refractivity contribution in [1.82, 2.24) is 0 Å². The highest BCUT2D eigenvalue weighted by Gasteiger charge is 2.30. The predicted octanol–water partition coefficient (Wildman–Crippen LogP) is 23.5. The number of carbonyl (C=O) groups excluding carboxylic acids is 4. The second kappa shape index (κ2) is 70.7. The molecular weight excluding hydrogens is 1280 g/mol. The van der Waals surface area contributed by atoms with Gasteiger partial charge < -0.3 is 33.8 Å². The van der Waals surface area contributed by atoms with E-state index >= 15 is 0 Å². The smallest absolute Gasteiger partial charge is 0.462 e. The minimum absolute atomic E-state index is 0.104. The van der Waals surface area contributed by atoms with Crippen molar-refractivity contribution >= 4 is 39.5 Å². The number of aliphatic hydroxyl groups is 1. The van der Waals surface area contributed by atoms with Crippen molar-refractivity contribution < 1.29 is 80.2 Å². The molecule has 5 atom stereocenters. The molecule has 0 saturated carbocycles. The van der Waals surface area contributed by atoms with Crippen molar-refractivity contribution in [3.63, 3.8) is 0 Å². The summed E-state index contributed by atoms with van der Waals surface area (Å²) in [5.41, 5.74) is 0. The first-order chi connectivity index (χ1) is 47.4. The van der Waals surface area contributed by atoms with Crippen molar-refractivity contribution in [2.24, 2.45) is 11.8 Å². The second-order valence-corrected chi connectivity index (χ2v) is 32.3. The third-order valence-electron chi connectivity index (χ3n) is 18.5. The summed E-state index contributed by atoms with van der Waals surface area (Å²) < 4.78 is 68.5. The number of hydrogen-bond acceptors (Lipinski definition) is 15. The predicted molar refractivity (Wildman–Crippen MR) is 400 cm³/mol. The van der Waals surface area contributed by atoms with E-state index in [9.17, 15) is 43.2 Å². The van der Waals surface area contributed by atoms with Crippen LogP contribution in [0, 0.1) is 11.8 Å². The quantitative estimate of drug-likeness (QED) is 0.0222. The van der Waals surface area contributed by atoms with Gasteiger partial charge in [0.1, 0.15) is 19.3 Å². The Balaban J connectivity index is 5.17. The Morgan fingerprint density at radius 1 is 0.276 bits per heavy atom. The largest absolute Gasteiger partial charge is 0.472 e. The number of aliphatic hydroxyl groups excluding tert-OH is 1. The van der Waals surface area contributed by atoms with Crippen LogP contribution < -0.4 is 0 Å². The van der Waals surface area contributed by atoms with Gasteiger partial charge in [-0.25, -0.2) is 9.13 Å². The zero-order chi connectivity index (χ0) is 72.1. The summed E-state index contributed by atoms with van der Waals surface area (Å²) in [5.74, 6) is -0.622. The van der Waals surface area contributed by atoms with Crippen molar-refractivity contribution in [3.8, 4) is 0 Å². The normalized spacial score (nSPS) is 13.9. The number of ether oxygens (including phenoxy) is 4. The summed E-state index contributed by atoms with van der Waals surface area (Å²) in [6.45, 7) is 9.55. The van der Waals surface area contributed by atoms with Crippen LogP contribution >= 0.6 is 15.6 Å². The summed E-state index contributed by atoms with van der Waals surface area (Å²) >= 11 is 0. The molecular formula is C79H154O17P2. The first kappa shape index (κ1) is 96.1. The Kier molecular flexibility index (Phi) is 69.3. The third kappa shape index (κ3) is 72.4. The molecule has 0 bridgehead atoms. The van der Waals surface area contributed by atoms with Gasteiger partial charge >= 0.3 is 39.5 Å². The van der Waals surface area contributed by atoms with Crippen LogP contribution in [-0.2, 0) is 65.4 Å². The maximum Gasteiger partial charge on any atom is 0.472 e. The molecule has 0 aromatic heterocycles. The lowest BCUT2D eigenvalue weighted by molar-refractivity contribution is -0.161. The van der Waals surface area contributed by atoms with E-state index in [0.717, 1.165) is 95.8 Å². The van der Waals surface area contributed by atoms with E-state index in [2.05, 4.69) is 41.5 Å². The van der Waals surface area contributed by atoms with Crippen LogP contribution in [0.1, 0.15) is 414 Å². The zero-order valence-electron chi connectivity index (χ0n) is 64.1. The maximum absolute atomic E-state index is 13.1. The van der Waals surface area contributed by atoms with E-state index in [1.54, 1.807) is 0 Å². The third-order valence-corrected chi connectivity index (χ3v) is 20.4. The molecule has 98 heavy (non-hydrogen) atoms. The van der Waals surface area contributed by atoms with Crippen LogP contribution in [0.15, 0.2) is 0 Å². The van der Waals surface area contributed by atoms with Crippen LogP contribution in [0.3, 0.4) is 0 Å². The molecule has 3 N–H and O–H groups in total. The summed E-state index contributed by atoms with van der Waals surface area (Å²) in [7, 11) is -9.91. The van der Waals surface area contributed by atoms with E-state index in [-0.39, 0.29) is 25.7 Å². The first-order valence-electron chi connectivity index (χ1n) is 41.0. The standard InChI is InChI=1S/C79H154O17P2/c1-7-9-11-13-15-17-18-19-20-21-22-23-24-25-26-27-32-35-39-45-51-57-63-78(83)95-74(67-90-77(82)62-56-50-44-38-34-31-29-28-30-33-37-41-47-53-59-71(3)4)69-93-97(85,86)91-65-73(80)66-92-98(87,88)94-70-75(68-89-76(81)61-55-49-43-36-16-14-12-10-8-2)96-79(84)64-58-52-46-40-42-48-54-60-72(5)6/h71-75,80H,7-70H2,1-6H3,(H,85,86)(H,87,88)/t73-,74-,75-/m1/s1. The highest BCUT2D eigenvalue weighted by molar-refractivity contribution is 7.47. The van der Waals surface area contributed by atoms with Crippen molar-refractivity contribution in [2.45, 2.75) is 432 Å². The molecule has 0 aliphatic carbocycles. The van der Waals surface area contributed by atoms with Crippen LogP contribution in [0.25, 0.3) is 0 Å². The van der Waals surface area contributed by atoms with Gasteiger partial charge in [-0.1, -0.05) is 363 Å². The van der Waals surface area contributed by atoms with Gasteiger partial charge in [-0.3, -0.25) is 37.3 Å². The van der Waals surface area contributed by atoms with Crippen molar-refractivity contribution in [1.29, 1.82) is 0 Å². The molecule has 0 rings (SSSR count). The van der Waals surface area contributed by atoms with Crippen LogP contribution in [-0.4, -0.2) is 96.7 Å². The summed E-state index contributed by atoms with van der Waals surface area (Å²) in [6.07, 6.45) is 60.0. The van der Waals surface area contributed by atoms with Gasteiger partial charge in [0.25, 0.3) is 0 Å². The number of phosphoric ester groups is 2. The second-order valence-electron chi connectivity index (χ2n) is 29.4. The van der Waals surface area contributed by atoms with E-state index in [4.69, 9.17) is 37.0 Å².